The van der Waals surface area contributed by atoms with Gasteiger partial charge in [-0.05, 0) is 18.4 Å². The summed E-state index contributed by atoms with van der Waals surface area (Å²) in [6, 6.07) is 6.54. The number of benzene rings is 1. The van der Waals surface area contributed by atoms with E-state index in [-0.39, 0.29) is 13.1 Å². The zero-order chi connectivity index (χ0) is 22.1. The monoisotopic (exact) mass is 419 g/mol. The molecule has 0 radical (unpaired) electrons. The van der Waals surface area contributed by atoms with Crippen LogP contribution in [0.4, 0.5) is 0 Å². The Morgan fingerprint density at radius 3 is 2.43 bits per heavy atom. The van der Waals surface area contributed by atoms with E-state index in [4.69, 9.17) is 10.8 Å². The van der Waals surface area contributed by atoms with E-state index in [1.165, 1.54) is 4.90 Å². The van der Waals surface area contributed by atoms with Gasteiger partial charge in [-0.1, -0.05) is 30.3 Å². The van der Waals surface area contributed by atoms with Crippen LogP contribution in [0.1, 0.15) is 24.4 Å². The highest BCUT2D eigenvalue weighted by Crippen LogP contribution is 2.18. The third-order valence-electron chi connectivity index (χ3n) is 4.57. The standard InChI is InChI=1S/C19H25N5O6/c20-14(26)9-21-18(29)13-7-4-8-24(13)16(28)10-22-19(30)17(23-15(27)11-25)12-5-2-1-3-6-12/h1-3,5-6,13,17,25H,4,7-11H2,(H2,20,26)(H,21,29)(H,22,30)(H,23,27). The maximum atomic E-state index is 12.6. The molecule has 1 fully saturated rings. The lowest BCUT2D eigenvalue weighted by molar-refractivity contribution is -0.139. The lowest BCUT2D eigenvalue weighted by atomic mass is 10.1. The molecule has 0 bridgehead atoms. The molecule has 6 N–H and O–H groups in total. The van der Waals surface area contributed by atoms with E-state index in [2.05, 4.69) is 16.0 Å². The van der Waals surface area contributed by atoms with Crippen LogP contribution in [0, 0.1) is 0 Å². The average Bonchev–Trinajstić information content (AvgIpc) is 3.24. The topological polar surface area (TPSA) is 171 Å². The Kier molecular flexibility index (Phi) is 8.29. The van der Waals surface area contributed by atoms with Crippen molar-refractivity contribution >= 4 is 29.5 Å². The first-order valence-electron chi connectivity index (χ1n) is 9.41. The van der Waals surface area contributed by atoms with Crippen LogP contribution in [0.5, 0.6) is 0 Å². The van der Waals surface area contributed by atoms with Gasteiger partial charge in [0.15, 0.2) is 0 Å². The molecule has 30 heavy (non-hydrogen) atoms. The molecule has 0 saturated carbocycles. The number of nitrogens with two attached hydrogens (primary N) is 1. The first kappa shape index (κ1) is 22.8. The molecule has 2 unspecified atom stereocenters. The highest BCUT2D eigenvalue weighted by Gasteiger charge is 2.34. The first-order chi connectivity index (χ1) is 14.3. The summed E-state index contributed by atoms with van der Waals surface area (Å²) in [4.78, 5) is 61.1. The summed E-state index contributed by atoms with van der Waals surface area (Å²) < 4.78 is 0. The zero-order valence-electron chi connectivity index (χ0n) is 16.3. The van der Waals surface area contributed by atoms with Gasteiger partial charge in [0, 0.05) is 6.54 Å². The molecule has 0 aliphatic carbocycles. The van der Waals surface area contributed by atoms with Crippen molar-refractivity contribution in [3.63, 3.8) is 0 Å². The first-order valence-corrected chi connectivity index (χ1v) is 9.41. The van der Waals surface area contributed by atoms with E-state index in [0.717, 1.165) is 0 Å². The number of likely N-dealkylation sites (tertiary alicyclic amines) is 1. The van der Waals surface area contributed by atoms with E-state index in [1.807, 2.05) is 0 Å². The number of amides is 5. The predicted molar refractivity (Wildman–Crippen MR) is 104 cm³/mol. The molecule has 2 rings (SSSR count). The van der Waals surface area contributed by atoms with Crippen LogP contribution in [0.3, 0.4) is 0 Å². The molecule has 0 aromatic heterocycles. The molecule has 11 heteroatoms. The summed E-state index contributed by atoms with van der Waals surface area (Å²) in [5.74, 6) is -3.02. The molecule has 162 valence electrons. The van der Waals surface area contributed by atoms with Gasteiger partial charge in [-0.3, -0.25) is 24.0 Å². The molecule has 1 saturated heterocycles. The third-order valence-corrected chi connectivity index (χ3v) is 4.57. The van der Waals surface area contributed by atoms with Gasteiger partial charge in [0.05, 0.1) is 13.1 Å². The Hall–Kier alpha value is -3.47. The number of carbonyl (C=O) groups is 5. The van der Waals surface area contributed by atoms with E-state index in [1.54, 1.807) is 30.3 Å². The van der Waals surface area contributed by atoms with E-state index in [9.17, 15) is 24.0 Å². The van der Waals surface area contributed by atoms with Crippen molar-refractivity contribution in [1.29, 1.82) is 0 Å². The van der Waals surface area contributed by atoms with Crippen molar-refractivity contribution in [2.75, 3.05) is 26.2 Å². The van der Waals surface area contributed by atoms with Gasteiger partial charge in [-0.25, -0.2) is 0 Å². The predicted octanol–water partition coefficient (Wildman–Crippen LogP) is -2.46. The van der Waals surface area contributed by atoms with Crippen LogP contribution in [0.25, 0.3) is 0 Å². The van der Waals surface area contributed by atoms with Crippen LogP contribution in [-0.2, 0) is 24.0 Å². The average molecular weight is 419 g/mol. The molecule has 11 nitrogen and oxygen atoms in total. The quantitative estimate of drug-likeness (QED) is 0.297. The number of aliphatic hydroxyl groups excluding tert-OH is 1. The molecular weight excluding hydrogens is 394 g/mol. The highest BCUT2D eigenvalue weighted by molar-refractivity contribution is 5.94. The Labute approximate surface area is 173 Å². The number of hydrogen-bond acceptors (Lipinski definition) is 6. The van der Waals surface area contributed by atoms with Crippen LogP contribution in [0.15, 0.2) is 30.3 Å². The van der Waals surface area contributed by atoms with Crippen LogP contribution >= 0.6 is 0 Å². The van der Waals surface area contributed by atoms with Crippen LogP contribution < -0.4 is 21.7 Å². The summed E-state index contributed by atoms with van der Waals surface area (Å²) in [7, 11) is 0. The fourth-order valence-electron chi connectivity index (χ4n) is 3.15. The highest BCUT2D eigenvalue weighted by atomic mass is 16.3. The number of primary amides is 1. The fourth-order valence-corrected chi connectivity index (χ4v) is 3.15. The Morgan fingerprint density at radius 2 is 1.80 bits per heavy atom. The summed E-state index contributed by atoms with van der Waals surface area (Å²) >= 11 is 0. The minimum absolute atomic E-state index is 0.322. The maximum Gasteiger partial charge on any atom is 0.247 e. The van der Waals surface area contributed by atoms with Crippen molar-refractivity contribution < 1.29 is 29.1 Å². The van der Waals surface area contributed by atoms with E-state index in [0.29, 0.717) is 24.9 Å². The van der Waals surface area contributed by atoms with E-state index >= 15 is 0 Å². The van der Waals surface area contributed by atoms with Gasteiger partial charge < -0.3 is 31.7 Å². The second kappa shape index (κ2) is 10.9. The van der Waals surface area contributed by atoms with Gasteiger partial charge in [-0.15, -0.1) is 0 Å². The Morgan fingerprint density at radius 1 is 1.10 bits per heavy atom. The molecule has 1 aliphatic heterocycles. The molecule has 5 amide bonds. The van der Waals surface area contributed by atoms with Gasteiger partial charge in [-0.2, -0.15) is 0 Å². The smallest absolute Gasteiger partial charge is 0.247 e. The molecule has 1 aromatic carbocycles. The third kappa shape index (κ3) is 6.27. The minimum atomic E-state index is -1.09. The Bertz CT molecular complexity index is 800. The van der Waals surface area contributed by atoms with Gasteiger partial charge in [0.2, 0.25) is 29.5 Å². The van der Waals surface area contributed by atoms with Crippen LogP contribution in [0.2, 0.25) is 0 Å². The maximum absolute atomic E-state index is 12.6. The number of nitrogens with zero attached hydrogens (tertiary/aromatic N) is 1. The normalized spacial score (nSPS) is 16.4. The number of aliphatic hydroxyl groups is 1. The lowest BCUT2D eigenvalue weighted by Gasteiger charge is -2.24. The number of hydrogen-bond donors (Lipinski definition) is 5. The van der Waals surface area contributed by atoms with Crippen molar-refractivity contribution in [2.24, 2.45) is 5.73 Å². The summed E-state index contributed by atoms with van der Waals surface area (Å²) in [5, 5.41) is 16.2. The molecule has 2 atom stereocenters. The van der Waals surface area contributed by atoms with Crippen molar-refractivity contribution in [2.45, 2.75) is 24.9 Å². The fraction of sp³-hybridized carbons (Fsp3) is 0.421. The van der Waals surface area contributed by atoms with Gasteiger partial charge >= 0.3 is 0 Å². The van der Waals surface area contributed by atoms with Gasteiger partial charge in [0.1, 0.15) is 18.7 Å². The zero-order valence-corrected chi connectivity index (χ0v) is 16.3. The molecule has 0 spiro atoms. The summed E-state index contributed by atoms with van der Waals surface area (Å²) in [6.07, 6.45) is 1.04. The lowest BCUT2D eigenvalue weighted by Crippen LogP contribution is -2.51. The second-order valence-corrected chi connectivity index (χ2v) is 6.72. The SMILES string of the molecule is NC(=O)CNC(=O)C1CCCN1C(=O)CNC(=O)C(NC(=O)CO)c1ccccc1. The van der Waals surface area contributed by atoms with Crippen molar-refractivity contribution in [3.05, 3.63) is 35.9 Å². The number of nitrogens with one attached hydrogen (secondary N) is 3. The Balaban J connectivity index is 1.98. The number of carbonyl (C=O) groups excluding carboxylic acids is 5. The van der Waals surface area contributed by atoms with Crippen molar-refractivity contribution in [1.82, 2.24) is 20.9 Å². The second-order valence-electron chi connectivity index (χ2n) is 6.72. The van der Waals surface area contributed by atoms with Crippen LogP contribution in [-0.4, -0.2) is 71.8 Å². The molecular formula is C19H25N5O6. The molecule has 1 aromatic rings. The molecule has 1 aliphatic rings. The van der Waals surface area contributed by atoms with Crippen molar-refractivity contribution in [3.8, 4) is 0 Å². The summed E-state index contributed by atoms with van der Waals surface area (Å²) in [6.45, 7) is -1.15. The largest absolute Gasteiger partial charge is 0.387 e. The van der Waals surface area contributed by atoms with E-state index < -0.39 is 48.2 Å². The van der Waals surface area contributed by atoms with Gasteiger partial charge in [0.25, 0.3) is 0 Å². The molecule has 1 heterocycles. The summed E-state index contributed by atoms with van der Waals surface area (Å²) in [5.41, 5.74) is 5.49. The minimum Gasteiger partial charge on any atom is -0.387 e. The number of rotatable bonds is 9.